The van der Waals surface area contributed by atoms with Gasteiger partial charge in [0.25, 0.3) is 0 Å². The molecule has 0 radical (unpaired) electrons. The third-order valence-corrected chi connectivity index (χ3v) is 4.54. The van der Waals surface area contributed by atoms with Crippen LogP contribution in [0, 0.1) is 23.7 Å². The maximum absolute atomic E-state index is 2.93. The lowest BCUT2D eigenvalue weighted by Gasteiger charge is -2.38. The Labute approximate surface area is 81.7 Å². The molecule has 2 heteroatoms. The van der Waals surface area contributed by atoms with Crippen LogP contribution in [-0.4, -0.2) is 12.3 Å². The molecule has 1 rings (SSSR count). The van der Waals surface area contributed by atoms with Crippen molar-refractivity contribution in [1.29, 1.82) is 0 Å². The van der Waals surface area contributed by atoms with Crippen molar-refractivity contribution < 1.29 is 0 Å². The van der Waals surface area contributed by atoms with Crippen LogP contribution in [0.4, 0.5) is 0 Å². The summed E-state index contributed by atoms with van der Waals surface area (Å²) < 4.78 is 0. The first-order valence-corrected chi connectivity index (χ1v) is 6.72. The van der Waals surface area contributed by atoms with Crippen molar-refractivity contribution in [2.45, 2.75) is 26.7 Å². The number of hydrogen-bond donors (Lipinski definition) is 0. The fourth-order valence-corrected chi connectivity index (χ4v) is 4.15. The predicted octanol–water partition coefficient (Wildman–Crippen LogP) is 3.04. The Morgan fingerprint density at radius 3 is 2.25 bits per heavy atom. The van der Waals surface area contributed by atoms with Gasteiger partial charge >= 0.3 is 0 Å². The lowest BCUT2D eigenvalue weighted by atomic mass is 9.70. The molecule has 0 spiro atoms. The molecule has 0 N–H and O–H groups in total. The monoisotopic (exact) mass is 204 g/mol. The second-order valence-corrected chi connectivity index (χ2v) is 5.39. The van der Waals surface area contributed by atoms with Gasteiger partial charge in [-0.15, -0.1) is 18.5 Å². The molecule has 6 atom stereocenters. The average Bonchev–Trinajstić information content (AvgIpc) is 2.03. The highest BCUT2D eigenvalue weighted by Crippen LogP contribution is 2.39. The Morgan fingerprint density at radius 2 is 1.75 bits per heavy atom. The fraction of sp³-hybridized carbons (Fsp3) is 1.00. The van der Waals surface area contributed by atoms with Crippen LogP contribution < -0.4 is 0 Å². The first kappa shape index (κ1) is 10.9. The molecule has 0 aromatic rings. The van der Waals surface area contributed by atoms with E-state index in [9.17, 15) is 0 Å². The van der Waals surface area contributed by atoms with E-state index in [4.69, 9.17) is 0 Å². The highest BCUT2D eigenvalue weighted by molar-refractivity contribution is 7.16. The first-order chi connectivity index (χ1) is 5.69. The highest BCUT2D eigenvalue weighted by atomic mass is 31.0. The van der Waals surface area contributed by atoms with Gasteiger partial charge in [-0.1, -0.05) is 13.8 Å². The van der Waals surface area contributed by atoms with Gasteiger partial charge in [0.15, 0.2) is 0 Å². The topological polar surface area (TPSA) is 0 Å². The normalized spacial score (nSPS) is 43.0. The molecule has 6 unspecified atom stereocenters. The van der Waals surface area contributed by atoms with E-state index in [-0.39, 0.29) is 0 Å². The lowest BCUT2D eigenvalue weighted by Crippen LogP contribution is -2.32. The van der Waals surface area contributed by atoms with Crippen LogP contribution in [-0.2, 0) is 0 Å². The summed E-state index contributed by atoms with van der Waals surface area (Å²) in [7, 11) is 5.85. The van der Waals surface area contributed by atoms with E-state index in [0.29, 0.717) is 0 Å². The smallest absolute Gasteiger partial charge is 0.0322 e. The van der Waals surface area contributed by atoms with E-state index in [1.54, 1.807) is 0 Å². The molecule has 0 bridgehead atoms. The van der Waals surface area contributed by atoms with Gasteiger partial charge in [0, 0.05) is 0 Å². The Bertz CT molecular complexity index is 136. The third-order valence-electron chi connectivity index (χ3n) is 3.39. The molecule has 0 heterocycles. The van der Waals surface area contributed by atoms with Crippen LogP contribution in [0.3, 0.4) is 0 Å². The summed E-state index contributed by atoms with van der Waals surface area (Å²) in [5, 5.41) is 0. The van der Waals surface area contributed by atoms with Crippen LogP contribution in [0.5, 0.6) is 0 Å². The molecule has 0 amide bonds. The molecule has 0 aliphatic heterocycles. The van der Waals surface area contributed by atoms with Crippen molar-refractivity contribution in [3.8, 4) is 0 Å². The minimum atomic E-state index is 0.941. The van der Waals surface area contributed by atoms with Crippen LogP contribution in [0.25, 0.3) is 0 Å². The van der Waals surface area contributed by atoms with Crippen molar-refractivity contribution in [3.63, 3.8) is 0 Å². The van der Waals surface area contributed by atoms with Gasteiger partial charge in [0.05, 0.1) is 0 Å². The SMILES string of the molecule is CC1CC(C)C(CP)C(CP)C1. The molecule has 0 aromatic carbocycles. The van der Waals surface area contributed by atoms with Crippen molar-refractivity contribution >= 4 is 18.5 Å². The van der Waals surface area contributed by atoms with Gasteiger partial charge in [0.2, 0.25) is 0 Å². The van der Waals surface area contributed by atoms with Crippen LogP contribution >= 0.6 is 18.5 Å². The fourth-order valence-electron chi connectivity index (χ4n) is 2.76. The summed E-state index contributed by atoms with van der Waals surface area (Å²) in [5.74, 6) is 3.82. The van der Waals surface area contributed by atoms with Crippen LogP contribution in [0.1, 0.15) is 26.7 Å². The summed E-state index contributed by atoms with van der Waals surface area (Å²) in [6.07, 6.45) is 5.49. The van der Waals surface area contributed by atoms with Gasteiger partial charge in [0.1, 0.15) is 0 Å². The lowest BCUT2D eigenvalue weighted by molar-refractivity contribution is 0.157. The molecule has 1 aliphatic carbocycles. The molecule has 72 valence electrons. The number of rotatable bonds is 2. The average molecular weight is 204 g/mol. The highest BCUT2D eigenvalue weighted by Gasteiger charge is 2.31. The molecule has 0 saturated heterocycles. The second kappa shape index (κ2) is 4.92. The molecule has 1 saturated carbocycles. The zero-order valence-corrected chi connectivity index (χ0v) is 10.6. The van der Waals surface area contributed by atoms with Crippen molar-refractivity contribution in [3.05, 3.63) is 0 Å². The van der Waals surface area contributed by atoms with Crippen LogP contribution in [0.15, 0.2) is 0 Å². The van der Waals surface area contributed by atoms with E-state index in [1.165, 1.54) is 25.2 Å². The minimum Gasteiger partial charge on any atom is -0.137 e. The molecule has 12 heavy (non-hydrogen) atoms. The number of hydrogen-bond acceptors (Lipinski definition) is 0. The summed E-state index contributed by atoms with van der Waals surface area (Å²) in [6, 6.07) is 0. The van der Waals surface area contributed by atoms with E-state index in [2.05, 4.69) is 32.3 Å². The molecule has 0 nitrogen and oxygen atoms in total. The first-order valence-electron chi connectivity index (χ1n) is 5.09. The van der Waals surface area contributed by atoms with Gasteiger partial charge in [-0.05, 0) is 48.8 Å². The summed E-state index contributed by atoms with van der Waals surface area (Å²) in [6.45, 7) is 4.83. The molecular weight excluding hydrogens is 182 g/mol. The Balaban J connectivity index is 2.56. The quantitative estimate of drug-likeness (QED) is 0.606. The van der Waals surface area contributed by atoms with Gasteiger partial charge in [-0.3, -0.25) is 0 Å². The third kappa shape index (κ3) is 2.43. The summed E-state index contributed by atoms with van der Waals surface area (Å²) in [5.41, 5.74) is 0. The van der Waals surface area contributed by atoms with E-state index in [0.717, 1.165) is 23.7 Å². The van der Waals surface area contributed by atoms with Gasteiger partial charge < -0.3 is 0 Å². The Kier molecular flexibility index (Phi) is 4.49. The standard InChI is InChI=1S/C10H22P2/c1-7-3-8(2)10(6-12)9(4-7)5-11/h7-10H,3-6,11-12H2,1-2H3. The van der Waals surface area contributed by atoms with Crippen molar-refractivity contribution in [1.82, 2.24) is 0 Å². The molecule has 1 fully saturated rings. The maximum Gasteiger partial charge on any atom is -0.0322 e. The van der Waals surface area contributed by atoms with E-state index >= 15 is 0 Å². The summed E-state index contributed by atoms with van der Waals surface area (Å²) >= 11 is 0. The van der Waals surface area contributed by atoms with E-state index in [1.807, 2.05) is 0 Å². The van der Waals surface area contributed by atoms with E-state index < -0.39 is 0 Å². The zero-order chi connectivity index (χ0) is 9.14. The molecular formula is C10H22P2. The molecule has 1 aliphatic rings. The Hall–Kier alpha value is 0.860. The zero-order valence-electron chi connectivity index (χ0n) is 8.29. The van der Waals surface area contributed by atoms with Crippen LogP contribution in [0.2, 0.25) is 0 Å². The van der Waals surface area contributed by atoms with Crippen molar-refractivity contribution in [2.75, 3.05) is 12.3 Å². The minimum absolute atomic E-state index is 0.941. The molecule has 0 aromatic heterocycles. The summed E-state index contributed by atoms with van der Waals surface area (Å²) in [4.78, 5) is 0. The van der Waals surface area contributed by atoms with Gasteiger partial charge in [-0.25, -0.2) is 0 Å². The second-order valence-electron chi connectivity index (χ2n) is 4.45. The predicted molar refractivity (Wildman–Crippen MR) is 63.7 cm³/mol. The largest absolute Gasteiger partial charge is 0.137 e. The van der Waals surface area contributed by atoms with Crippen molar-refractivity contribution in [2.24, 2.45) is 23.7 Å². The van der Waals surface area contributed by atoms with Gasteiger partial charge in [-0.2, -0.15) is 0 Å². The Morgan fingerprint density at radius 1 is 1.08 bits per heavy atom. The maximum atomic E-state index is 2.93.